The first kappa shape index (κ1) is 19.3. The van der Waals surface area contributed by atoms with E-state index in [1.807, 2.05) is 45.0 Å². The van der Waals surface area contributed by atoms with Crippen LogP contribution in [0.3, 0.4) is 0 Å². The van der Waals surface area contributed by atoms with Crippen LogP contribution in [0.4, 0.5) is 20.2 Å². The number of nitrogens with one attached hydrogen (secondary N) is 1. The normalized spacial score (nSPS) is 13.7. The van der Waals surface area contributed by atoms with Crippen LogP contribution in [0, 0.1) is 30.9 Å². The van der Waals surface area contributed by atoms with Gasteiger partial charge in [0.25, 0.3) is 0 Å². The van der Waals surface area contributed by atoms with Crippen molar-refractivity contribution in [2.24, 2.45) is 5.41 Å². The third-order valence-corrected chi connectivity index (χ3v) is 4.94. The number of fused-ring (bicyclic) bond motifs is 1. The van der Waals surface area contributed by atoms with E-state index in [1.165, 1.54) is 0 Å². The zero-order chi connectivity index (χ0) is 19.9. The molecule has 0 spiro atoms. The first-order valence-corrected chi connectivity index (χ1v) is 9.18. The molecule has 0 fully saturated rings. The fourth-order valence-electron chi connectivity index (χ4n) is 3.57. The van der Waals surface area contributed by atoms with Gasteiger partial charge in [0.05, 0.1) is 5.69 Å². The number of halogens is 2. The maximum Gasteiger partial charge on any atom is 0.224 e. The molecule has 0 bridgehead atoms. The van der Waals surface area contributed by atoms with E-state index in [9.17, 15) is 4.79 Å². The predicted molar refractivity (Wildman–Crippen MR) is 105 cm³/mol. The summed E-state index contributed by atoms with van der Waals surface area (Å²) in [5, 5.41) is 2.71. The summed E-state index contributed by atoms with van der Waals surface area (Å²) in [5.41, 5.74) is 2.70. The zero-order valence-corrected chi connectivity index (χ0v) is 16.5. The molecule has 0 saturated carbocycles. The summed E-state index contributed by atoms with van der Waals surface area (Å²) in [7, 11) is 0. The minimum Gasteiger partial charge on any atom is -0.358 e. The van der Waals surface area contributed by atoms with Gasteiger partial charge < -0.3 is 10.2 Å². The van der Waals surface area contributed by atoms with Gasteiger partial charge >= 0.3 is 0 Å². The van der Waals surface area contributed by atoms with E-state index in [2.05, 4.69) is 5.32 Å². The lowest BCUT2D eigenvalue weighted by atomic mass is 9.92. The van der Waals surface area contributed by atoms with E-state index >= 15 is 8.78 Å². The molecule has 3 nitrogen and oxygen atoms in total. The van der Waals surface area contributed by atoms with Crippen molar-refractivity contribution in [3.05, 3.63) is 58.2 Å². The lowest BCUT2D eigenvalue weighted by molar-refractivity contribution is -0.117. The molecule has 2 aromatic rings. The third-order valence-electron chi connectivity index (χ3n) is 4.94. The maximum absolute atomic E-state index is 15.1. The van der Waals surface area contributed by atoms with Crippen LogP contribution < -0.4 is 10.2 Å². The molecule has 0 aromatic heterocycles. The Morgan fingerprint density at radius 1 is 1.04 bits per heavy atom. The van der Waals surface area contributed by atoms with Crippen LogP contribution in [0.25, 0.3) is 0 Å². The van der Waals surface area contributed by atoms with E-state index in [-0.39, 0.29) is 40.2 Å². The Morgan fingerprint density at radius 2 is 1.52 bits per heavy atom. The summed E-state index contributed by atoms with van der Waals surface area (Å²) in [6.07, 6.45) is 0.276. The van der Waals surface area contributed by atoms with Crippen LogP contribution >= 0.6 is 0 Å². The molecule has 27 heavy (non-hydrogen) atoms. The van der Waals surface area contributed by atoms with Gasteiger partial charge in [0.15, 0.2) is 11.6 Å². The standard InChI is InChI=1S/C22H26F2N2O/c1-13-18(23)21(26-11-15-8-6-7-9-16(15)12-26)19(24)14(2)20(13)25-17(27)10-22(3,4)5/h6-9H,10-12H2,1-5H3,(H,25,27). The summed E-state index contributed by atoms with van der Waals surface area (Å²) in [5.74, 6) is -1.47. The van der Waals surface area contributed by atoms with Crippen LogP contribution in [0.1, 0.15) is 49.4 Å². The minimum atomic E-state index is -0.614. The Balaban J connectivity index is 1.94. The molecule has 3 rings (SSSR count). The van der Waals surface area contributed by atoms with Crippen LogP contribution in [0.2, 0.25) is 0 Å². The number of hydrogen-bond donors (Lipinski definition) is 1. The van der Waals surface area contributed by atoms with Gasteiger partial charge in [-0.1, -0.05) is 45.0 Å². The Kier molecular flexibility index (Phi) is 4.98. The highest BCUT2D eigenvalue weighted by Crippen LogP contribution is 2.38. The molecule has 1 N–H and O–H groups in total. The summed E-state index contributed by atoms with van der Waals surface area (Å²) < 4.78 is 30.3. The van der Waals surface area contributed by atoms with Crippen LogP contribution in [-0.4, -0.2) is 5.91 Å². The first-order chi connectivity index (χ1) is 12.6. The lowest BCUT2D eigenvalue weighted by Gasteiger charge is -2.24. The minimum absolute atomic E-state index is 0.0185. The van der Waals surface area contributed by atoms with Crippen molar-refractivity contribution in [2.75, 3.05) is 10.2 Å². The van der Waals surface area contributed by atoms with Crippen molar-refractivity contribution < 1.29 is 13.6 Å². The van der Waals surface area contributed by atoms with E-state index in [0.29, 0.717) is 13.1 Å². The fourth-order valence-corrected chi connectivity index (χ4v) is 3.57. The van der Waals surface area contributed by atoms with Gasteiger partial charge in [0.2, 0.25) is 5.91 Å². The number of rotatable bonds is 3. The topological polar surface area (TPSA) is 32.3 Å². The second kappa shape index (κ2) is 6.95. The number of anilines is 2. The Bertz CT molecular complexity index is 846. The second-order valence-electron chi connectivity index (χ2n) is 8.51. The van der Waals surface area contributed by atoms with E-state index in [0.717, 1.165) is 11.1 Å². The smallest absolute Gasteiger partial charge is 0.224 e. The molecule has 0 unspecified atom stereocenters. The molecule has 0 saturated heterocycles. The molecular formula is C22H26F2N2O. The summed E-state index contributed by atoms with van der Waals surface area (Å²) in [6, 6.07) is 7.82. The summed E-state index contributed by atoms with van der Waals surface area (Å²) in [6.45, 7) is 9.95. The van der Waals surface area contributed by atoms with Crippen LogP contribution in [0.5, 0.6) is 0 Å². The van der Waals surface area contributed by atoms with Gasteiger partial charge in [-0.2, -0.15) is 0 Å². The monoisotopic (exact) mass is 372 g/mol. The second-order valence-corrected chi connectivity index (χ2v) is 8.51. The molecule has 144 valence electrons. The Hall–Kier alpha value is -2.43. The molecule has 1 amide bonds. The molecule has 0 aliphatic carbocycles. The fraction of sp³-hybridized carbons (Fsp3) is 0.409. The van der Waals surface area contributed by atoms with Crippen LogP contribution in [-0.2, 0) is 17.9 Å². The average molecular weight is 372 g/mol. The molecule has 5 heteroatoms. The summed E-state index contributed by atoms with van der Waals surface area (Å²) in [4.78, 5) is 14.0. The maximum atomic E-state index is 15.1. The third kappa shape index (κ3) is 3.82. The van der Waals surface area contributed by atoms with Crippen molar-refractivity contribution >= 4 is 17.3 Å². The number of carbonyl (C=O) groups excluding carboxylic acids is 1. The summed E-state index contributed by atoms with van der Waals surface area (Å²) >= 11 is 0. The van der Waals surface area contributed by atoms with Crippen molar-refractivity contribution in [1.82, 2.24) is 0 Å². The van der Waals surface area contributed by atoms with Gasteiger partial charge in [-0.25, -0.2) is 8.78 Å². The van der Waals surface area contributed by atoms with Crippen molar-refractivity contribution in [2.45, 2.75) is 54.1 Å². The highest BCUT2D eigenvalue weighted by molar-refractivity contribution is 5.93. The molecular weight excluding hydrogens is 346 g/mol. The highest BCUT2D eigenvalue weighted by Gasteiger charge is 2.29. The number of hydrogen-bond acceptors (Lipinski definition) is 2. The van der Waals surface area contributed by atoms with E-state index in [4.69, 9.17) is 0 Å². The largest absolute Gasteiger partial charge is 0.358 e. The number of benzene rings is 2. The van der Waals surface area contributed by atoms with Gasteiger partial charge in [-0.3, -0.25) is 4.79 Å². The van der Waals surface area contributed by atoms with Crippen molar-refractivity contribution in [3.63, 3.8) is 0 Å². The highest BCUT2D eigenvalue weighted by atomic mass is 19.1. The molecule has 2 aromatic carbocycles. The zero-order valence-electron chi connectivity index (χ0n) is 16.5. The van der Waals surface area contributed by atoms with Gasteiger partial charge in [0, 0.05) is 30.6 Å². The van der Waals surface area contributed by atoms with Crippen LogP contribution in [0.15, 0.2) is 24.3 Å². The SMILES string of the molecule is Cc1c(F)c(N2Cc3ccccc3C2)c(F)c(C)c1NC(=O)CC(C)(C)C. The van der Waals surface area contributed by atoms with Gasteiger partial charge in [0.1, 0.15) is 5.69 Å². The van der Waals surface area contributed by atoms with Gasteiger partial charge in [-0.15, -0.1) is 0 Å². The average Bonchev–Trinajstić information content (AvgIpc) is 2.99. The predicted octanol–water partition coefficient (Wildman–Crippen LogP) is 5.48. The lowest BCUT2D eigenvalue weighted by Crippen LogP contribution is -2.23. The van der Waals surface area contributed by atoms with E-state index < -0.39 is 11.6 Å². The Morgan fingerprint density at radius 3 is 1.96 bits per heavy atom. The molecule has 0 radical (unpaired) electrons. The van der Waals surface area contributed by atoms with E-state index in [1.54, 1.807) is 18.7 Å². The van der Waals surface area contributed by atoms with Gasteiger partial charge in [-0.05, 0) is 30.4 Å². The number of nitrogens with zero attached hydrogens (tertiary/aromatic N) is 1. The molecule has 1 aliphatic rings. The quantitative estimate of drug-likeness (QED) is 0.774. The Labute approximate surface area is 159 Å². The molecule has 1 heterocycles. The molecule has 1 aliphatic heterocycles. The first-order valence-electron chi connectivity index (χ1n) is 9.18. The van der Waals surface area contributed by atoms with Crippen molar-refractivity contribution in [1.29, 1.82) is 0 Å². The molecule has 0 atom stereocenters. The van der Waals surface area contributed by atoms with Crippen molar-refractivity contribution in [3.8, 4) is 0 Å². The number of amides is 1. The number of carbonyl (C=O) groups is 1.